The summed E-state index contributed by atoms with van der Waals surface area (Å²) in [6.07, 6.45) is 0.757. The van der Waals surface area contributed by atoms with Gasteiger partial charge in [-0.25, -0.2) is 4.39 Å². The topological polar surface area (TPSA) is 33.5 Å². The molecule has 23 heavy (non-hydrogen) atoms. The lowest BCUT2D eigenvalue weighted by Crippen LogP contribution is -2.33. The third kappa shape index (κ3) is 3.44. The molecule has 0 bridgehead atoms. The molecular formula is C18H20FNO2S. The van der Waals surface area contributed by atoms with E-state index in [0.29, 0.717) is 24.4 Å². The van der Waals surface area contributed by atoms with Crippen molar-refractivity contribution in [3.8, 4) is 0 Å². The van der Waals surface area contributed by atoms with Gasteiger partial charge < -0.3 is 9.32 Å². The molecule has 3 nitrogen and oxygen atoms in total. The predicted octanol–water partition coefficient (Wildman–Crippen LogP) is 4.36. The van der Waals surface area contributed by atoms with Crippen LogP contribution in [0.5, 0.6) is 0 Å². The minimum absolute atomic E-state index is 0.00846. The van der Waals surface area contributed by atoms with E-state index in [-0.39, 0.29) is 17.0 Å². The fraction of sp³-hybridized carbons (Fsp3) is 0.389. The van der Waals surface area contributed by atoms with Crippen LogP contribution in [0, 0.1) is 19.7 Å². The normalized spacial score (nSPS) is 18.7. The molecule has 1 atom stereocenters. The number of thioether (sulfide) groups is 1. The maximum atomic E-state index is 14.0. The molecular weight excluding hydrogens is 313 g/mol. The van der Waals surface area contributed by atoms with Crippen LogP contribution >= 0.6 is 11.8 Å². The number of amides is 1. The van der Waals surface area contributed by atoms with Crippen LogP contribution in [0.1, 0.15) is 39.1 Å². The summed E-state index contributed by atoms with van der Waals surface area (Å²) in [6.45, 7) is 4.97. The van der Waals surface area contributed by atoms with E-state index in [2.05, 4.69) is 0 Å². The van der Waals surface area contributed by atoms with E-state index in [4.69, 9.17) is 4.42 Å². The Kier molecular flexibility index (Phi) is 4.76. The zero-order valence-electron chi connectivity index (χ0n) is 13.3. The Balaban J connectivity index is 1.73. The molecule has 1 aromatic heterocycles. The fourth-order valence-corrected chi connectivity index (χ4v) is 4.22. The number of benzene rings is 1. The van der Waals surface area contributed by atoms with Gasteiger partial charge in [-0.3, -0.25) is 4.79 Å². The minimum atomic E-state index is -0.161. The molecule has 0 spiro atoms. The summed E-state index contributed by atoms with van der Waals surface area (Å²) in [7, 11) is 0. The van der Waals surface area contributed by atoms with Gasteiger partial charge in [0.2, 0.25) is 0 Å². The summed E-state index contributed by atoms with van der Waals surface area (Å²) < 4.78 is 19.4. The van der Waals surface area contributed by atoms with Crippen molar-refractivity contribution in [1.29, 1.82) is 0 Å². The maximum Gasteiger partial charge on any atom is 0.257 e. The first-order valence-electron chi connectivity index (χ1n) is 7.78. The van der Waals surface area contributed by atoms with Crippen molar-refractivity contribution in [3.63, 3.8) is 0 Å². The molecule has 1 aromatic carbocycles. The molecule has 5 heteroatoms. The highest BCUT2D eigenvalue weighted by molar-refractivity contribution is 7.99. The number of furan rings is 1. The zero-order chi connectivity index (χ0) is 16.4. The van der Waals surface area contributed by atoms with Crippen LogP contribution < -0.4 is 0 Å². The molecule has 0 unspecified atom stereocenters. The van der Waals surface area contributed by atoms with Gasteiger partial charge in [0.15, 0.2) is 0 Å². The van der Waals surface area contributed by atoms with Gasteiger partial charge in [-0.15, -0.1) is 0 Å². The van der Waals surface area contributed by atoms with Crippen molar-refractivity contribution >= 4 is 17.7 Å². The van der Waals surface area contributed by atoms with Crippen LogP contribution in [0.2, 0.25) is 0 Å². The zero-order valence-corrected chi connectivity index (χ0v) is 14.2. The van der Waals surface area contributed by atoms with Crippen molar-refractivity contribution in [2.75, 3.05) is 18.8 Å². The summed E-state index contributed by atoms with van der Waals surface area (Å²) in [6, 6.07) is 8.71. The van der Waals surface area contributed by atoms with E-state index in [1.54, 1.807) is 23.9 Å². The van der Waals surface area contributed by atoms with Crippen LogP contribution in [-0.4, -0.2) is 29.6 Å². The molecule has 3 rings (SSSR count). The van der Waals surface area contributed by atoms with Crippen LogP contribution in [0.3, 0.4) is 0 Å². The van der Waals surface area contributed by atoms with Gasteiger partial charge in [-0.2, -0.15) is 11.8 Å². The van der Waals surface area contributed by atoms with Gasteiger partial charge in [-0.05, 0) is 32.4 Å². The summed E-state index contributed by atoms with van der Waals surface area (Å²) in [5.41, 5.74) is 1.37. The van der Waals surface area contributed by atoms with Crippen LogP contribution in [0.4, 0.5) is 4.39 Å². The molecule has 1 aliphatic rings. The second kappa shape index (κ2) is 6.79. The number of carbonyl (C=O) groups excluding carboxylic acids is 1. The lowest BCUT2D eigenvalue weighted by molar-refractivity contribution is 0.0765. The first-order chi connectivity index (χ1) is 11.1. The highest BCUT2D eigenvalue weighted by Gasteiger charge is 2.26. The van der Waals surface area contributed by atoms with Crippen molar-refractivity contribution in [1.82, 2.24) is 4.90 Å². The first kappa shape index (κ1) is 16.1. The van der Waals surface area contributed by atoms with Gasteiger partial charge in [0, 0.05) is 29.7 Å². The van der Waals surface area contributed by atoms with Crippen LogP contribution in [-0.2, 0) is 0 Å². The number of aryl methyl sites for hydroxylation is 2. The van der Waals surface area contributed by atoms with Crippen molar-refractivity contribution in [3.05, 3.63) is 58.8 Å². The smallest absolute Gasteiger partial charge is 0.257 e. The standard InChI is InChI=1S/C18H20FNO2S/c1-12-11-15(13(2)22-12)18(21)20-8-7-17(23-10-9-20)14-5-3-4-6-16(14)19/h3-6,11,17H,7-10H2,1-2H3/t17-/m1/s1. The van der Waals surface area contributed by atoms with Crippen molar-refractivity contribution < 1.29 is 13.6 Å². The molecule has 0 saturated carbocycles. The predicted molar refractivity (Wildman–Crippen MR) is 90.3 cm³/mol. The van der Waals surface area contributed by atoms with Gasteiger partial charge in [-0.1, -0.05) is 18.2 Å². The SMILES string of the molecule is Cc1cc(C(=O)N2CCS[C@@H](c3ccccc3F)CC2)c(C)o1. The van der Waals surface area contributed by atoms with Gasteiger partial charge in [0.1, 0.15) is 17.3 Å². The molecule has 1 fully saturated rings. The Bertz CT molecular complexity index is 713. The monoisotopic (exact) mass is 333 g/mol. The average Bonchev–Trinajstić information content (AvgIpc) is 2.74. The summed E-state index contributed by atoms with van der Waals surface area (Å²) >= 11 is 1.72. The number of rotatable bonds is 2. The van der Waals surface area contributed by atoms with E-state index in [1.807, 2.05) is 30.9 Å². The lowest BCUT2D eigenvalue weighted by Gasteiger charge is -2.20. The van der Waals surface area contributed by atoms with E-state index >= 15 is 0 Å². The third-order valence-corrected chi connectivity index (χ3v) is 5.46. The van der Waals surface area contributed by atoms with Gasteiger partial charge >= 0.3 is 0 Å². The molecule has 0 N–H and O–H groups in total. The number of carbonyl (C=O) groups is 1. The molecule has 2 aromatic rings. The second-order valence-corrected chi connectivity index (χ2v) is 7.10. The van der Waals surface area contributed by atoms with Crippen molar-refractivity contribution in [2.24, 2.45) is 0 Å². The first-order valence-corrected chi connectivity index (χ1v) is 8.83. The van der Waals surface area contributed by atoms with Gasteiger partial charge in [0.25, 0.3) is 5.91 Å². The van der Waals surface area contributed by atoms with Crippen LogP contribution in [0.25, 0.3) is 0 Å². The molecule has 122 valence electrons. The molecule has 1 aliphatic heterocycles. The minimum Gasteiger partial charge on any atom is -0.466 e. The van der Waals surface area contributed by atoms with E-state index < -0.39 is 0 Å². The molecule has 0 aliphatic carbocycles. The second-order valence-electron chi connectivity index (χ2n) is 5.79. The largest absolute Gasteiger partial charge is 0.466 e. The summed E-state index contributed by atoms with van der Waals surface area (Å²) in [4.78, 5) is 14.5. The number of nitrogens with zero attached hydrogens (tertiary/aromatic N) is 1. The quantitative estimate of drug-likeness (QED) is 0.819. The van der Waals surface area contributed by atoms with E-state index in [0.717, 1.165) is 23.5 Å². The Labute approximate surface area is 139 Å². The van der Waals surface area contributed by atoms with E-state index in [9.17, 15) is 9.18 Å². The lowest BCUT2D eigenvalue weighted by atomic mass is 10.1. The number of halogens is 1. The molecule has 1 amide bonds. The molecule has 2 heterocycles. The maximum absolute atomic E-state index is 14.0. The third-order valence-electron chi connectivity index (χ3n) is 4.15. The average molecular weight is 333 g/mol. The Hall–Kier alpha value is -1.75. The number of hydrogen-bond donors (Lipinski definition) is 0. The summed E-state index contributed by atoms with van der Waals surface area (Å²) in [5.74, 6) is 2.07. The Morgan fingerprint density at radius 2 is 2.09 bits per heavy atom. The highest BCUT2D eigenvalue weighted by Crippen LogP contribution is 2.36. The van der Waals surface area contributed by atoms with Crippen LogP contribution in [0.15, 0.2) is 34.7 Å². The molecule has 1 saturated heterocycles. The number of hydrogen-bond acceptors (Lipinski definition) is 3. The fourth-order valence-electron chi connectivity index (χ4n) is 2.97. The Morgan fingerprint density at radius 1 is 1.30 bits per heavy atom. The van der Waals surface area contributed by atoms with Crippen molar-refractivity contribution in [2.45, 2.75) is 25.5 Å². The van der Waals surface area contributed by atoms with E-state index in [1.165, 1.54) is 6.07 Å². The highest BCUT2D eigenvalue weighted by atomic mass is 32.2. The Morgan fingerprint density at radius 3 is 2.78 bits per heavy atom. The molecule has 0 radical (unpaired) electrons. The van der Waals surface area contributed by atoms with Gasteiger partial charge in [0.05, 0.1) is 5.56 Å². The summed E-state index contributed by atoms with van der Waals surface area (Å²) in [5, 5.41) is 0.0983.